The Morgan fingerprint density at radius 3 is 2.47 bits per heavy atom. The molecule has 0 saturated carbocycles. The third-order valence-corrected chi connectivity index (χ3v) is 2.66. The van der Waals surface area contributed by atoms with Crippen LogP contribution in [0.25, 0.3) is 11.3 Å². The molecule has 0 spiro atoms. The maximum Gasteiger partial charge on any atom is 0.131 e. The average molecular weight is 248 g/mol. The van der Waals surface area contributed by atoms with Gasteiger partial charge < -0.3 is 5.32 Å². The van der Waals surface area contributed by atoms with E-state index in [0.717, 1.165) is 22.8 Å². The molecule has 0 unspecified atom stereocenters. The van der Waals surface area contributed by atoms with Crippen LogP contribution in [0.5, 0.6) is 0 Å². The molecule has 1 N–H and O–H groups in total. The van der Waals surface area contributed by atoms with Gasteiger partial charge in [0.15, 0.2) is 0 Å². The number of hydrogen-bond acceptors (Lipinski definition) is 4. The first-order valence-corrected chi connectivity index (χ1v) is 5.96. The van der Waals surface area contributed by atoms with Gasteiger partial charge in [-0.2, -0.15) is 0 Å². The van der Waals surface area contributed by atoms with E-state index in [1.807, 2.05) is 42.5 Å². The maximum atomic E-state index is 4.57. The standard InChI is InChI=1S/C15H12N4/c1-4-14(12-6-9-16-10-7-12)19-15(5-1)18-13-3-2-8-17-11-13/h1-11H,(H,18,19). The lowest BCUT2D eigenvalue weighted by Gasteiger charge is -2.07. The number of aromatic nitrogens is 3. The Kier molecular flexibility index (Phi) is 3.14. The van der Waals surface area contributed by atoms with E-state index in [0.29, 0.717) is 0 Å². The van der Waals surface area contributed by atoms with Gasteiger partial charge in [0.25, 0.3) is 0 Å². The first-order valence-electron chi connectivity index (χ1n) is 5.96. The molecule has 3 rings (SSSR count). The van der Waals surface area contributed by atoms with Crippen molar-refractivity contribution >= 4 is 11.5 Å². The summed E-state index contributed by atoms with van der Waals surface area (Å²) in [5.74, 6) is 0.794. The van der Waals surface area contributed by atoms with E-state index in [1.165, 1.54) is 0 Å². The number of nitrogens with one attached hydrogen (secondary N) is 1. The lowest BCUT2D eigenvalue weighted by molar-refractivity contribution is 1.27. The molecule has 0 amide bonds. The van der Waals surface area contributed by atoms with Gasteiger partial charge in [-0.3, -0.25) is 9.97 Å². The molecule has 3 aromatic heterocycles. The molecule has 0 saturated heterocycles. The van der Waals surface area contributed by atoms with Crippen molar-refractivity contribution in [2.75, 3.05) is 5.32 Å². The van der Waals surface area contributed by atoms with E-state index in [-0.39, 0.29) is 0 Å². The molecule has 92 valence electrons. The van der Waals surface area contributed by atoms with Crippen LogP contribution in [0.3, 0.4) is 0 Å². The second-order valence-corrected chi connectivity index (χ2v) is 4.01. The molecule has 0 radical (unpaired) electrons. The fourth-order valence-electron chi connectivity index (χ4n) is 1.77. The predicted octanol–water partition coefficient (Wildman–Crippen LogP) is 3.28. The van der Waals surface area contributed by atoms with Crippen molar-refractivity contribution in [3.63, 3.8) is 0 Å². The van der Waals surface area contributed by atoms with E-state index in [1.54, 1.807) is 24.8 Å². The van der Waals surface area contributed by atoms with E-state index < -0.39 is 0 Å². The van der Waals surface area contributed by atoms with E-state index in [9.17, 15) is 0 Å². The highest BCUT2D eigenvalue weighted by atomic mass is 15.0. The van der Waals surface area contributed by atoms with Gasteiger partial charge in [-0.1, -0.05) is 6.07 Å². The Hall–Kier alpha value is -2.75. The topological polar surface area (TPSA) is 50.7 Å². The van der Waals surface area contributed by atoms with E-state index in [4.69, 9.17) is 0 Å². The molecule has 19 heavy (non-hydrogen) atoms. The third kappa shape index (κ3) is 2.74. The van der Waals surface area contributed by atoms with Crippen molar-refractivity contribution in [3.05, 3.63) is 67.3 Å². The summed E-state index contributed by atoms with van der Waals surface area (Å²) in [5.41, 5.74) is 2.88. The van der Waals surface area contributed by atoms with E-state index in [2.05, 4.69) is 20.3 Å². The Labute approximate surface area is 111 Å². The molecular weight excluding hydrogens is 236 g/mol. The molecule has 0 aliphatic carbocycles. The minimum absolute atomic E-state index is 0.794. The molecule has 0 aliphatic rings. The number of hydrogen-bond donors (Lipinski definition) is 1. The summed E-state index contributed by atoms with van der Waals surface area (Å²) in [6.07, 6.45) is 7.03. The zero-order valence-corrected chi connectivity index (χ0v) is 10.2. The van der Waals surface area contributed by atoms with Crippen molar-refractivity contribution in [1.29, 1.82) is 0 Å². The summed E-state index contributed by atoms with van der Waals surface area (Å²) < 4.78 is 0. The van der Waals surface area contributed by atoms with Gasteiger partial charge in [-0.25, -0.2) is 4.98 Å². The molecule has 0 aliphatic heterocycles. The first-order chi connectivity index (χ1) is 9.42. The summed E-state index contributed by atoms with van der Waals surface area (Å²) in [6.45, 7) is 0. The Morgan fingerprint density at radius 2 is 1.68 bits per heavy atom. The average Bonchev–Trinajstić information content (AvgIpc) is 2.49. The third-order valence-electron chi connectivity index (χ3n) is 2.66. The number of pyridine rings is 3. The fourth-order valence-corrected chi connectivity index (χ4v) is 1.77. The second-order valence-electron chi connectivity index (χ2n) is 4.01. The predicted molar refractivity (Wildman–Crippen MR) is 75.0 cm³/mol. The van der Waals surface area contributed by atoms with Gasteiger partial charge in [0.05, 0.1) is 17.6 Å². The molecule has 3 heterocycles. The zero-order valence-electron chi connectivity index (χ0n) is 10.2. The molecule has 4 heteroatoms. The maximum absolute atomic E-state index is 4.57. The van der Waals surface area contributed by atoms with E-state index >= 15 is 0 Å². The summed E-state index contributed by atoms with van der Waals surface area (Å²) >= 11 is 0. The molecule has 4 nitrogen and oxygen atoms in total. The molecule has 0 atom stereocenters. The van der Waals surface area contributed by atoms with Crippen molar-refractivity contribution in [2.45, 2.75) is 0 Å². The van der Waals surface area contributed by atoms with Gasteiger partial charge in [-0.05, 0) is 36.4 Å². The van der Waals surface area contributed by atoms with Crippen LogP contribution in [0.1, 0.15) is 0 Å². The van der Waals surface area contributed by atoms with Crippen LogP contribution < -0.4 is 5.32 Å². The van der Waals surface area contributed by atoms with Crippen LogP contribution in [0.15, 0.2) is 67.3 Å². The van der Waals surface area contributed by atoms with Crippen LogP contribution in [-0.2, 0) is 0 Å². The minimum atomic E-state index is 0.794. The molecule has 0 bridgehead atoms. The Balaban J connectivity index is 1.89. The van der Waals surface area contributed by atoms with Gasteiger partial charge in [0.1, 0.15) is 5.82 Å². The quantitative estimate of drug-likeness (QED) is 0.772. The first kappa shape index (κ1) is 11.3. The minimum Gasteiger partial charge on any atom is -0.339 e. The van der Waals surface area contributed by atoms with Crippen molar-refractivity contribution < 1.29 is 0 Å². The number of nitrogens with zero attached hydrogens (tertiary/aromatic N) is 3. The smallest absolute Gasteiger partial charge is 0.131 e. The van der Waals surface area contributed by atoms with Gasteiger partial charge >= 0.3 is 0 Å². The van der Waals surface area contributed by atoms with Crippen LogP contribution in [0, 0.1) is 0 Å². The monoisotopic (exact) mass is 248 g/mol. The fraction of sp³-hybridized carbons (Fsp3) is 0. The van der Waals surface area contributed by atoms with Crippen LogP contribution in [0.4, 0.5) is 11.5 Å². The highest BCUT2D eigenvalue weighted by Crippen LogP contribution is 2.19. The normalized spacial score (nSPS) is 10.1. The van der Waals surface area contributed by atoms with Gasteiger partial charge in [0.2, 0.25) is 0 Å². The second kappa shape index (κ2) is 5.27. The lowest BCUT2D eigenvalue weighted by atomic mass is 10.2. The SMILES string of the molecule is c1cncc(Nc2cccc(-c3ccncc3)n2)c1. The highest BCUT2D eigenvalue weighted by molar-refractivity contribution is 5.63. The summed E-state index contributed by atoms with van der Waals surface area (Å²) in [7, 11) is 0. The zero-order chi connectivity index (χ0) is 12.9. The molecule has 0 aromatic carbocycles. The van der Waals surface area contributed by atoms with Gasteiger partial charge in [0, 0.05) is 24.2 Å². The highest BCUT2D eigenvalue weighted by Gasteiger charge is 2.01. The largest absolute Gasteiger partial charge is 0.339 e. The summed E-state index contributed by atoms with van der Waals surface area (Å²) in [4.78, 5) is 12.6. The molecule has 3 aromatic rings. The van der Waals surface area contributed by atoms with Crippen LogP contribution >= 0.6 is 0 Å². The van der Waals surface area contributed by atoms with Crippen molar-refractivity contribution in [3.8, 4) is 11.3 Å². The summed E-state index contributed by atoms with van der Waals surface area (Å²) in [5, 5.41) is 3.22. The van der Waals surface area contributed by atoms with Crippen LogP contribution in [0.2, 0.25) is 0 Å². The number of rotatable bonds is 3. The molecular formula is C15H12N4. The number of anilines is 2. The molecule has 0 fully saturated rings. The lowest BCUT2D eigenvalue weighted by Crippen LogP contribution is -1.94. The van der Waals surface area contributed by atoms with Crippen molar-refractivity contribution in [2.24, 2.45) is 0 Å². The van der Waals surface area contributed by atoms with Gasteiger partial charge in [-0.15, -0.1) is 0 Å². The van der Waals surface area contributed by atoms with Crippen molar-refractivity contribution in [1.82, 2.24) is 15.0 Å². The van der Waals surface area contributed by atoms with Crippen LogP contribution in [-0.4, -0.2) is 15.0 Å². The Bertz CT molecular complexity index is 653. The summed E-state index contributed by atoms with van der Waals surface area (Å²) in [6, 6.07) is 13.6. The Morgan fingerprint density at radius 1 is 0.789 bits per heavy atom.